The average Bonchev–Trinajstić information content (AvgIpc) is 2.57. The summed E-state index contributed by atoms with van der Waals surface area (Å²) in [5, 5.41) is 2.67. The van der Waals surface area contributed by atoms with Crippen LogP contribution in [0.15, 0.2) is 24.3 Å². The molecule has 5 nitrogen and oxygen atoms in total. The number of carbonyl (C=O) groups is 2. The Kier molecular flexibility index (Phi) is 2.82. The third-order valence-electron chi connectivity index (χ3n) is 1.91. The van der Waals surface area contributed by atoms with Crippen LogP contribution in [0.4, 0.5) is 4.79 Å². The van der Waals surface area contributed by atoms with Crippen LogP contribution >= 0.6 is 11.3 Å². The highest BCUT2D eigenvalue weighted by atomic mass is 32.1. The summed E-state index contributed by atoms with van der Waals surface area (Å²) in [6.07, 6.45) is 0.0717. The molecule has 0 fully saturated rings. The lowest BCUT2D eigenvalue weighted by Crippen LogP contribution is -2.35. The van der Waals surface area contributed by atoms with Crippen molar-refractivity contribution < 1.29 is 9.59 Å². The smallest absolute Gasteiger partial charge is 0.318 e. The first-order chi connectivity index (χ1) is 7.65. The number of nitrogens with one attached hydrogen (secondary N) is 1. The number of hydrogen-bond acceptors (Lipinski definition) is 4. The van der Waals surface area contributed by atoms with Gasteiger partial charge in [0.25, 0.3) is 0 Å². The highest BCUT2D eigenvalue weighted by Crippen LogP contribution is 2.21. The molecule has 0 bridgehead atoms. The molecule has 1 aromatic carbocycles. The van der Waals surface area contributed by atoms with Crippen molar-refractivity contribution in [2.75, 3.05) is 0 Å². The van der Waals surface area contributed by atoms with Gasteiger partial charge in [-0.15, -0.1) is 11.3 Å². The molecule has 0 aliphatic carbocycles. The van der Waals surface area contributed by atoms with Gasteiger partial charge < -0.3 is 5.73 Å². The van der Waals surface area contributed by atoms with Gasteiger partial charge in [-0.2, -0.15) is 0 Å². The molecule has 82 valence electrons. The van der Waals surface area contributed by atoms with Gasteiger partial charge in [-0.1, -0.05) is 12.1 Å². The van der Waals surface area contributed by atoms with E-state index in [9.17, 15) is 9.59 Å². The topological polar surface area (TPSA) is 85.1 Å². The Labute approximate surface area is 95.3 Å². The van der Waals surface area contributed by atoms with E-state index in [0.717, 1.165) is 10.2 Å². The maximum atomic E-state index is 11.3. The van der Waals surface area contributed by atoms with Crippen LogP contribution in [0, 0.1) is 0 Å². The Morgan fingerprint density at radius 1 is 1.38 bits per heavy atom. The number of nitrogens with zero attached hydrogens (tertiary/aromatic N) is 1. The number of primary amides is 1. The zero-order chi connectivity index (χ0) is 11.5. The van der Waals surface area contributed by atoms with Crippen molar-refractivity contribution in [3.63, 3.8) is 0 Å². The second-order valence-electron chi connectivity index (χ2n) is 3.16. The molecule has 0 unspecified atom stereocenters. The summed E-state index contributed by atoms with van der Waals surface area (Å²) in [5.41, 5.74) is 5.69. The van der Waals surface area contributed by atoms with Crippen LogP contribution in [-0.4, -0.2) is 16.9 Å². The molecule has 2 rings (SSSR count). The van der Waals surface area contributed by atoms with E-state index >= 15 is 0 Å². The van der Waals surface area contributed by atoms with Gasteiger partial charge >= 0.3 is 6.03 Å². The highest BCUT2D eigenvalue weighted by molar-refractivity contribution is 7.18. The van der Waals surface area contributed by atoms with E-state index in [-0.39, 0.29) is 6.42 Å². The van der Waals surface area contributed by atoms with E-state index in [0.29, 0.717) is 5.01 Å². The van der Waals surface area contributed by atoms with E-state index in [1.54, 1.807) is 0 Å². The van der Waals surface area contributed by atoms with Crippen molar-refractivity contribution in [1.82, 2.24) is 10.3 Å². The molecule has 6 heteroatoms. The van der Waals surface area contributed by atoms with Crippen molar-refractivity contribution in [1.29, 1.82) is 0 Å². The highest BCUT2D eigenvalue weighted by Gasteiger charge is 2.09. The van der Waals surface area contributed by atoms with Crippen LogP contribution in [0.1, 0.15) is 5.01 Å². The predicted molar refractivity (Wildman–Crippen MR) is 61.1 cm³/mol. The first kappa shape index (κ1) is 10.6. The number of rotatable bonds is 2. The van der Waals surface area contributed by atoms with E-state index in [4.69, 9.17) is 5.73 Å². The van der Waals surface area contributed by atoms with Gasteiger partial charge in [0.15, 0.2) is 0 Å². The van der Waals surface area contributed by atoms with E-state index in [1.807, 2.05) is 29.6 Å². The Balaban J connectivity index is 2.15. The fourth-order valence-corrected chi connectivity index (χ4v) is 2.28. The van der Waals surface area contributed by atoms with Crippen LogP contribution in [-0.2, 0) is 11.2 Å². The van der Waals surface area contributed by atoms with Gasteiger partial charge in [-0.25, -0.2) is 9.78 Å². The second-order valence-corrected chi connectivity index (χ2v) is 4.28. The molecule has 0 spiro atoms. The third-order valence-corrected chi connectivity index (χ3v) is 2.95. The normalized spacial score (nSPS) is 10.2. The summed E-state index contributed by atoms with van der Waals surface area (Å²) in [5.74, 6) is -0.438. The molecule has 0 saturated carbocycles. The number of thiazole rings is 1. The summed E-state index contributed by atoms with van der Waals surface area (Å²) in [6, 6.07) is 6.76. The summed E-state index contributed by atoms with van der Waals surface area (Å²) in [6.45, 7) is 0. The van der Waals surface area contributed by atoms with Crippen LogP contribution in [0.25, 0.3) is 10.2 Å². The minimum Gasteiger partial charge on any atom is -0.351 e. The molecular formula is C10H9N3O2S. The molecule has 0 aliphatic heterocycles. The lowest BCUT2D eigenvalue weighted by atomic mass is 10.3. The molecule has 2 aromatic rings. The van der Waals surface area contributed by atoms with Crippen LogP contribution < -0.4 is 11.1 Å². The number of amides is 3. The third kappa shape index (κ3) is 2.34. The quantitative estimate of drug-likeness (QED) is 0.815. The number of benzene rings is 1. The SMILES string of the molecule is NC(=O)NC(=O)Cc1nc2ccccc2s1. The molecule has 1 aromatic heterocycles. The minimum atomic E-state index is -0.842. The molecule has 0 aliphatic rings. The molecule has 3 amide bonds. The monoisotopic (exact) mass is 235 g/mol. The van der Waals surface area contributed by atoms with Gasteiger partial charge in [0, 0.05) is 0 Å². The van der Waals surface area contributed by atoms with Crippen LogP contribution in [0.2, 0.25) is 0 Å². The lowest BCUT2D eigenvalue weighted by molar-refractivity contribution is -0.119. The maximum absolute atomic E-state index is 11.3. The van der Waals surface area contributed by atoms with Crippen molar-refractivity contribution in [3.8, 4) is 0 Å². The number of fused-ring (bicyclic) bond motifs is 1. The van der Waals surface area contributed by atoms with Crippen molar-refractivity contribution in [2.45, 2.75) is 6.42 Å². The number of urea groups is 1. The molecule has 0 saturated heterocycles. The zero-order valence-electron chi connectivity index (χ0n) is 8.27. The zero-order valence-corrected chi connectivity index (χ0v) is 9.08. The number of hydrogen-bond donors (Lipinski definition) is 2. The summed E-state index contributed by atoms with van der Waals surface area (Å²) >= 11 is 1.43. The van der Waals surface area contributed by atoms with E-state index in [1.165, 1.54) is 11.3 Å². The molecule has 1 heterocycles. The standard InChI is InChI=1S/C10H9N3O2S/c11-10(15)13-8(14)5-9-12-6-3-1-2-4-7(6)16-9/h1-4H,5H2,(H3,11,13,14,15). The van der Waals surface area contributed by atoms with Crippen molar-refractivity contribution in [2.24, 2.45) is 5.73 Å². The fraction of sp³-hybridized carbons (Fsp3) is 0.100. The number of nitrogens with two attached hydrogens (primary N) is 1. The van der Waals surface area contributed by atoms with E-state index in [2.05, 4.69) is 4.98 Å². The Morgan fingerprint density at radius 2 is 2.12 bits per heavy atom. The number of imide groups is 1. The summed E-state index contributed by atoms with van der Waals surface area (Å²) in [4.78, 5) is 26.0. The van der Waals surface area contributed by atoms with E-state index < -0.39 is 11.9 Å². The lowest BCUT2D eigenvalue weighted by Gasteiger charge is -1.96. The number of para-hydroxylation sites is 1. The first-order valence-electron chi connectivity index (χ1n) is 4.59. The van der Waals surface area contributed by atoms with Crippen molar-refractivity contribution in [3.05, 3.63) is 29.3 Å². The summed E-state index contributed by atoms with van der Waals surface area (Å²) in [7, 11) is 0. The molecule has 3 N–H and O–H groups in total. The Bertz CT molecular complexity index is 517. The van der Waals surface area contributed by atoms with Gasteiger partial charge in [0.1, 0.15) is 5.01 Å². The van der Waals surface area contributed by atoms with Gasteiger partial charge in [0.2, 0.25) is 5.91 Å². The van der Waals surface area contributed by atoms with Crippen molar-refractivity contribution >= 4 is 33.5 Å². The Morgan fingerprint density at radius 3 is 2.81 bits per heavy atom. The second kappa shape index (κ2) is 4.28. The van der Waals surface area contributed by atoms with Gasteiger partial charge in [0.05, 0.1) is 16.6 Å². The summed E-state index contributed by atoms with van der Waals surface area (Å²) < 4.78 is 1.02. The molecule has 0 atom stereocenters. The van der Waals surface area contributed by atoms with Gasteiger partial charge in [-0.05, 0) is 12.1 Å². The van der Waals surface area contributed by atoms with Crippen LogP contribution in [0.5, 0.6) is 0 Å². The number of aromatic nitrogens is 1. The largest absolute Gasteiger partial charge is 0.351 e. The maximum Gasteiger partial charge on any atom is 0.318 e. The first-order valence-corrected chi connectivity index (χ1v) is 5.40. The molecule has 0 radical (unpaired) electrons. The average molecular weight is 235 g/mol. The minimum absolute atomic E-state index is 0.0717. The van der Waals surface area contributed by atoms with Crippen LogP contribution in [0.3, 0.4) is 0 Å². The number of carbonyl (C=O) groups excluding carboxylic acids is 2. The molecular weight excluding hydrogens is 226 g/mol. The molecule has 16 heavy (non-hydrogen) atoms. The fourth-order valence-electron chi connectivity index (χ4n) is 1.31. The predicted octanol–water partition coefficient (Wildman–Crippen LogP) is 1.03. The van der Waals surface area contributed by atoms with Gasteiger partial charge in [-0.3, -0.25) is 10.1 Å². The Hall–Kier alpha value is -1.95.